The first-order valence-corrected chi connectivity index (χ1v) is 14.9. The molecule has 0 spiro atoms. The maximum absolute atomic E-state index is 12.5. The third-order valence-electron chi connectivity index (χ3n) is 8.39. The summed E-state index contributed by atoms with van der Waals surface area (Å²) in [5.41, 5.74) is 2.80. The average molecular weight is 564 g/mol. The zero-order valence-electron chi connectivity index (χ0n) is 23.9. The van der Waals surface area contributed by atoms with Crippen LogP contribution in [0, 0.1) is 5.92 Å². The number of carbonyl (C=O) groups excluding carboxylic acids is 1. The molecule has 2 atom stereocenters. The minimum absolute atomic E-state index is 0.145. The van der Waals surface area contributed by atoms with Gasteiger partial charge in [-0.1, -0.05) is 35.9 Å². The number of fused-ring (bicyclic) bond motifs is 1. The Hall–Kier alpha value is -2.94. The van der Waals surface area contributed by atoms with Gasteiger partial charge < -0.3 is 25.0 Å². The van der Waals surface area contributed by atoms with E-state index in [9.17, 15) is 4.79 Å². The number of halogens is 1. The lowest BCUT2D eigenvalue weighted by Crippen LogP contribution is -2.45. The molecule has 1 aliphatic heterocycles. The number of benzene rings is 1. The highest BCUT2D eigenvalue weighted by atomic mass is 35.5. The summed E-state index contributed by atoms with van der Waals surface area (Å²) >= 11 is 6.55. The summed E-state index contributed by atoms with van der Waals surface area (Å²) in [7, 11) is 6.28. The smallest absolute Gasteiger partial charge is 0.246 e. The second kappa shape index (κ2) is 13.1. The maximum Gasteiger partial charge on any atom is 0.246 e. The van der Waals surface area contributed by atoms with E-state index < -0.39 is 0 Å². The number of carbonyl (C=O) groups is 1. The molecule has 3 aromatic rings. The molecule has 8 nitrogen and oxygen atoms in total. The van der Waals surface area contributed by atoms with Crippen LogP contribution in [0.3, 0.4) is 0 Å². The van der Waals surface area contributed by atoms with Gasteiger partial charge in [0.15, 0.2) is 0 Å². The Bertz CT molecular complexity index is 1310. The molecule has 9 heteroatoms. The molecule has 1 amide bonds. The monoisotopic (exact) mass is 563 g/mol. The van der Waals surface area contributed by atoms with Gasteiger partial charge in [-0.25, -0.2) is 9.97 Å². The van der Waals surface area contributed by atoms with E-state index in [0.717, 1.165) is 74.0 Å². The number of H-pyrrole nitrogens is 1. The largest absolute Gasteiger partial charge is 0.360 e. The zero-order valence-corrected chi connectivity index (χ0v) is 24.7. The van der Waals surface area contributed by atoms with Crippen LogP contribution in [0.25, 0.3) is 22.2 Å². The molecule has 5 rings (SSSR count). The van der Waals surface area contributed by atoms with Crippen molar-refractivity contribution in [3.63, 3.8) is 0 Å². The summed E-state index contributed by atoms with van der Waals surface area (Å²) in [6.07, 6.45) is 14.1. The molecule has 3 heterocycles. The molecule has 40 heavy (non-hydrogen) atoms. The predicted octanol–water partition coefficient (Wildman–Crippen LogP) is 5.29. The number of likely N-dealkylation sites (tertiary alicyclic amines) is 1. The van der Waals surface area contributed by atoms with E-state index in [-0.39, 0.29) is 5.91 Å². The minimum atomic E-state index is 0.145. The van der Waals surface area contributed by atoms with E-state index in [0.29, 0.717) is 29.0 Å². The SMILES string of the molecule is CN(C)C/C=C/C(=O)N1CCC(CN(C)[C@H]2CCC[C@@H](Nc3ncc(Cl)c(-c4c[nH]c5ccccc45)n3)C2)CC1. The highest BCUT2D eigenvalue weighted by molar-refractivity contribution is 6.33. The molecular formula is C31H42ClN7O. The number of nitrogens with one attached hydrogen (secondary N) is 2. The highest BCUT2D eigenvalue weighted by Gasteiger charge is 2.29. The minimum Gasteiger partial charge on any atom is -0.360 e. The van der Waals surface area contributed by atoms with Crippen LogP contribution >= 0.6 is 11.6 Å². The number of aromatic nitrogens is 3. The third-order valence-corrected chi connectivity index (χ3v) is 8.67. The molecule has 2 aliphatic rings. The summed E-state index contributed by atoms with van der Waals surface area (Å²) < 4.78 is 0. The Labute approximate surface area is 242 Å². The van der Waals surface area contributed by atoms with E-state index in [1.807, 2.05) is 43.4 Å². The van der Waals surface area contributed by atoms with Crippen LogP contribution in [0.4, 0.5) is 5.95 Å². The molecular weight excluding hydrogens is 522 g/mol. The van der Waals surface area contributed by atoms with Crippen molar-refractivity contribution in [1.82, 2.24) is 29.7 Å². The Kier molecular flexibility index (Phi) is 9.40. The number of para-hydroxylation sites is 1. The lowest BCUT2D eigenvalue weighted by Gasteiger charge is -2.39. The fourth-order valence-corrected chi connectivity index (χ4v) is 6.33. The first kappa shape index (κ1) is 28.6. The molecule has 1 saturated heterocycles. The number of anilines is 1. The number of piperidine rings is 1. The molecule has 2 aromatic heterocycles. The Morgan fingerprint density at radius 3 is 2.77 bits per heavy atom. The van der Waals surface area contributed by atoms with Gasteiger partial charge in [0.1, 0.15) is 0 Å². The van der Waals surface area contributed by atoms with Crippen molar-refractivity contribution in [2.75, 3.05) is 52.6 Å². The van der Waals surface area contributed by atoms with Crippen LogP contribution in [0.1, 0.15) is 38.5 Å². The number of hydrogen-bond acceptors (Lipinski definition) is 6. The van der Waals surface area contributed by atoms with Gasteiger partial charge in [0, 0.05) is 67.0 Å². The van der Waals surface area contributed by atoms with E-state index in [1.165, 1.54) is 12.8 Å². The van der Waals surface area contributed by atoms with Crippen LogP contribution in [-0.4, -0.2) is 95.0 Å². The number of rotatable bonds is 9. The van der Waals surface area contributed by atoms with Crippen LogP contribution in [0.2, 0.25) is 5.02 Å². The summed E-state index contributed by atoms with van der Waals surface area (Å²) in [5, 5.41) is 5.27. The van der Waals surface area contributed by atoms with E-state index >= 15 is 0 Å². The topological polar surface area (TPSA) is 80.4 Å². The highest BCUT2D eigenvalue weighted by Crippen LogP contribution is 2.33. The Morgan fingerprint density at radius 2 is 1.98 bits per heavy atom. The van der Waals surface area contributed by atoms with Crippen molar-refractivity contribution >= 4 is 34.4 Å². The van der Waals surface area contributed by atoms with Gasteiger partial charge in [-0.05, 0) is 71.7 Å². The van der Waals surface area contributed by atoms with E-state index in [1.54, 1.807) is 12.3 Å². The molecule has 1 saturated carbocycles. The lowest BCUT2D eigenvalue weighted by molar-refractivity contribution is -0.127. The summed E-state index contributed by atoms with van der Waals surface area (Å²) in [6.45, 7) is 3.58. The van der Waals surface area contributed by atoms with Crippen LogP contribution in [0.5, 0.6) is 0 Å². The van der Waals surface area contributed by atoms with Gasteiger partial charge in [0.25, 0.3) is 0 Å². The maximum atomic E-state index is 12.5. The van der Waals surface area contributed by atoms with E-state index in [2.05, 4.69) is 44.3 Å². The normalized spacial score (nSPS) is 20.7. The van der Waals surface area contributed by atoms with Gasteiger partial charge in [0.05, 0.1) is 16.9 Å². The van der Waals surface area contributed by atoms with Gasteiger partial charge in [-0.15, -0.1) is 0 Å². The van der Waals surface area contributed by atoms with Crippen molar-refractivity contribution in [3.8, 4) is 11.3 Å². The number of amides is 1. The fourth-order valence-electron chi connectivity index (χ4n) is 6.13. The van der Waals surface area contributed by atoms with Crippen LogP contribution in [-0.2, 0) is 4.79 Å². The lowest BCUT2D eigenvalue weighted by atomic mass is 9.88. The second-order valence-electron chi connectivity index (χ2n) is 11.7. The summed E-state index contributed by atoms with van der Waals surface area (Å²) in [4.78, 5) is 31.8. The predicted molar refractivity (Wildman–Crippen MR) is 164 cm³/mol. The van der Waals surface area contributed by atoms with Crippen LogP contribution in [0.15, 0.2) is 48.8 Å². The first-order valence-electron chi connectivity index (χ1n) is 14.5. The van der Waals surface area contributed by atoms with Crippen molar-refractivity contribution in [2.24, 2.45) is 5.92 Å². The molecule has 1 aromatic carbocycles. The molecule has 214 valence electrons. The zero-order chi connectivity index (χ0) is 28.1. The van der Waals surface area contributed by atoms with Gasteiger partial charge >= 0.3 is 0 Å². The number of likely N-dealkylation sites (N-methyl/N-ethyl adjacent to an activating group) is 1. The fraction of sp³-hybridized carbons (Fsp3) is 0.516. The summed E-state index contributed by atoms with van der Waals surface area (Å²) in [5.74, 6) is 1.41. The van der Waals surface area contributed by atoms with E-state index in [4.69, 9.17) is 16.6 Å². The average Bonchev–Trinajstić information content (AvgIpc) is 3.38. The standard InChI is InChI=1S/C31H42ClN7O/c1-37(2)15-7-12-29(40)39-16-13-22(14-17-39)21-38(3)24-9-6-8-23(18-24)35-31-34-20-27(32)30(36-31)26-19-33-28-11-5-4-10-25(26)28/h4-5,7,10-12,19-20,22-24,33H,6,8-9,13-18,21H2,1-3H3,(H,34,35,36)/b12-7+/t23-,24+/m1/s1. The molecule has 0 radical (unpaired) electrons. The van der Waals surface area contributed by atoms with Crippen molar-refractivity contribution in [1.29, 1.82) is 0 Å². The number of hydrogen-bond donors (Lipinski definition) is 2. The van der Waals surface area contributed by atoms with Gasteiger partial charge in [0.2, 0.25) is 11.9 Å². The third kappa shape index (κ3) is 7.03. The molecule has 1 aliphatic carbocycles. The van der Waals surface area contributed by atoms with Gasteiger partial charge in [-0.2, -0.15) is 0 Å². The van der Waals surface area contributed by atoms with Gasteiger partial charge in [-0.3, -0.25) is 4.79 Å². The van der Waals surface area contributed by atoms with Crippen molar-refractivity contribution in [3.05, 3.63) is 53.8 Å². The number of aromatic amines is 1. The molecule has 0 bridgehead atoms. The molecule has 2 fully saturated rings. The summed E-state index contributed by atoms with van der Waals surface area (Å²) in [6, 6.07) is 9.04. The molecule has 0 unspecified atom stereocenters. The number of nitrogens with zero attached hydrogens (tertiary/aromatic N) is 5. The van der Waals surface area contributed by atoms with Crippen molar-refractivity contribution in [2.45, 2.75) is 50.6 Å². The van der Waals surface area contributed by atoms with Crippen LogP contribution < -0.4 is 5.32 Å². The quantitative estimate of drug-likeness (QED) is 0.344. The molecule has 2 N–H and O–H groups in total. The van der Waals surface area contributed by atoms with Crippen molar-refractivity contribution < 1.29 is 4.79 Å². The second-order valence-corrected chi connectivity index (χ2v) is 12.1. The Balaban J connectivity index is 1.14. The first-order chi connectivity index (χ1) is 19.4. The Morgan fingerprint density at radius 1 is 1.18 bits per heavy atom.